The van der Waals surface area contributed by atoms with E-state index in [0.717, 1.165) is 55.6 Å². The Hall–Kier alpha value is -4.93. The molecule has 0 aliphatic carbocycles. The normalized spacial score (nSPS) is 28.8. The van der Waals surface area contributed by atoms with Gasteiger partial charge in [0.1, 0.15) is 19.3 Å². The quantitative estimate of drug-likeness (QED) is 0.135. The SMILES string of the molecule is COC(=O)[C@@]1(OCC(=O)O)C[C@H](O[C@@H]2O[C@@H](C)[C@@H](OC(C)=O)[C@@H](OC(C)=O)[C@@H]2OC(C)=O)[C@@H](NC(C)=O)[C@H]([C@H](OC(C)=O)[C@@H](COC(C)=O)OC(C)=O)O1. The second kappa shape index (κ2) is 19.9. The lowest BCUT2D eigenvalue weighted by Gasteiger charge is -2.50. The predicted octanol–water partition coefficient (Wildman–Crippen LogP) is -1.40. The standard InChI is InChI=1S/C32H45NO21/c1-13-25(49-17(5)37)28(51-19(7)39)29(52-20(8)40)30(47-13)53-21-10-32(31(43)44-9,46-12-23(41)42)54-27(24(21)33-14(2)34)26(50-18(6)38)22(48-16(4)36)11-45-15(3)35/h13,21-22,24-30H,10-12H2,1-9H3,(H,33,34)(H,41,42)/t13-,21-,22+,24+,25+,26+,27+,28+,29-,30-,32+/m0/s1. The third-order valence-corrected chi connectivity index (χ3v) is 7.55. The van der Waals surface area contributed by atoms with Crippen LogP contribution in [-0.2, 0) is 95.3 Å². The van der Waals surface area contributed by atoms with Crippen molar-refractivity contribution in [3.63, 3.8) is 0 Å². The van der Waals surface area contributed by atoms with E-state index in [9.17, 15) is 48.3 Å². The van der Waals surface area contributed by atoms with Crippen molar-refractivity contribution in [2.75, 3.05) is 20.3 Å². The highest BCUT2D eigenvalue weighted by Gasteiger charge is 2.61. The fourth-order valence-corrected chi connectivity index (χ4v) is 5.78. The maximum absolute atomic E-state index is 13.5. The van der Waals surface area contributed by atoms with E-state index in [0.29, 0.717) is 0 Å². The van der Waals surface area contributed by atoms with E-state index in [2.05, 4.69) is 5.32 Å². The molecule has 0 bridgehead atoms. The van der Waals surface area contributed by atoms with Gasteiger partial charge in [-0.2, -0.15) is 0 Å². The lowest BCUT2D eigenvalue weighted by molar-refractivity contribution is -0.348. The number of ether oxygens (including phenoxy) is 11. The molecule has 0 aromatic carbocycles. The van der Waals surface area contributed by atoms with Crippen molar-refractivity contribution >= 4 is 53.7 Å². The molecule has 2 fully saturated rings. The summed E-state index contributed by atoms with van der Waals surface area (Å²) in [6.45, 7) is 6.50. The summed E-state index contributed by atoms with van der Waals surface area (Å²) in [5, 5.41) is 12.0. The number of esters is 7. The predicted molar refractivity (Wildman–Crippen MR) is 169 cm³/mol. The minimum atomic E-state index is -2.77. The molecule has 22 nitrogen and oxygen atoms in total. The van der Waals surface area contributed by atoms with Crippen LogP contribution < -0.4 is 5.32 Å². The van der Waals surface area contributed by atoms with Crippen LogP contribution in [-0.4, -0.2) is 146 Å². The van der Waals surface area contributed by atoms with Crippen LogP contribution in [0.25, 0.3) is 0 Å². The zero-order chi connectivity index (χ0) is 41.1. The molecule has 1 amide bonds. The number of carbonyl (C=O) groups is 9. The largest absolute Gasteiger partial charge is 0.480 e. The van der Waals surface area contributed by atoms with Crippen molar-refractivity contribution in [2.24, 2.45) is 0 Å². The van der Waals surface area contributed by atoms with E-state index < -0.39 is 140 Å². The summed E-state index contributed by atoms with van der Waals surface area (Å²) in [6.07, 6.45) is -15.7. The van der Waals surface area contributed by atoms with Gasteiger partial charge in [-0.25, -0.2) is 9.59 Å². The number of rotatable bonds is 16. The molecule has 2 aliphatic rings. The monoisotopic (exact) mass is 779 g/mol. The maximum atomic E-state index is 13.5. The van der Waals surface area contributed by atoms with E-state index >= 15 is 0 Å². The fraction of sp³-hybridized carbons (Fsp3) is 0.719. The summed E-state index contributed by atoms with van der Waals surface area (Å²) in [5.74, 6) is -12.1. The molecular formula is C32H45NO21. The third-order valence-electron chi connectivity index (χ3n) is 7.55. The van der Waals surface area contributed by atoms with Gasteiger partial charge in [-0.1, -0.05) is 0 Å². The average Bonchev–Trinajstić information content (AvgIpc) is 3.04. The Kier molecular flexibility index (Phi) is 16.7. The summed E-state index contributed by atoms with van der Waals surface area (Å²) in [7, 11) is 0.899. The van der Waals surface area contributed by atoms with Crippen LogP contribution in [0.4, 0.5) is 0 Å². The summed E-state index contributed by atoms with van der Waals surface area (Å²) >= 11 is 0. The van der Waals surface area contributed by atoms with Crippen LogP contribution in [0.15, 0.2) is 0 Å². The van der Waals surface area contributed by atoms with E-state index in [1.807, 2.05) is 0 Å². The van der Waals surface area contributed by atoms with Crippen molar-refractivity contribution < 1.29 is 100 Å². The second-order valence-electron chi connectivity index (χ2n) is 12.1. The molecule has 0 unspecified atom stereocenters. The van der Waals surface area contributed by atoms with Gasteiger partial charge in [-0.05, 0) is 6.92 Å². The number of carboxylic acids is 1. The average molecular weight is 780 g/mol. The molecule has 2 aliphatic heterocycles. The highest BCUT2D eigenvalue weighted by atomic mass is 16.8. The number of carboxylic acid groups (broad SMARTS) is 1. The van der Waals surface area contributed by atoms with Crippen molar-refractivity contribution in [3.8, 4) is 0 Å². The summed E-state index contributed by atoms with van der Waals surface area (Å²) < 4.78 is 60.8. The molecule has 11 atom stereocenters. The maximum Gasteiger partial charge on any atom is 0.366 e. The lowest BCUT2D eigenvalue weighted by atomic mass is 9.87. The van der Waals surface area contributed by atoms with Gasteiger partial charge >= 0.3 is 47.8 Å². The van der Waals surface area contributed by atoms with E-state index in [1.165, 1.54) is 6.92 Å². The highest BCUT2D eigenvalue weighted by molar-refractivity contribution is 5.79. The van der Waals surface area contributed by atoms with Crippen LogP contribution >= 0.6 is 0 Å². The Morgan fingerprint density at radius 3 is 1.81 bits per heavy atom. The van der Waals surface area contributed by atoms with Gasteiger partial charge in [-0.15, -0.1) is 0 Å². The molecule has 54 heavy (non-hydrogen) atoms. The first-order valence-corrected chi connectivity index (χ1v) is 16.3. The Bertz CT molecular complexity index is 1430. The number of carbonyl (C=O) groups excluding carboxylic acids is 8. The van der Waals surface area contributed by atoms with Crippen molar-refractivity contribution in [3.05, 3.63) is 0 Å². The summed E-state index contributed by atoms with van der Waals surface area (Å²) in [5.41, 5.74) is 0. The molecule has 0 aromatic heterocycles. The van der Waals surface area contributed by atoms with Gasteiger partial charge in [0.25, 0.3) is 5.79 Å². The van der Waals surface area contributed by atoms with E-state index in [1.54, 1.807) is 0 Å². The first-order valence-electron chi connectivity index (χ1n) is 16.3. The fourth-order valence-electron chi connectivity index (χ4n) is 5.78. The molecule has 2 heterocycles. The molecule has 0 spiro atoms. The van der Waals surface area contributed by atoms with Gasteiger partial charge in [-0.3, -0.25) is 33.6 Å². The van der Waals surface area contributed by atoms with Crippen LogP contribution in [0.2, 0.25) is 0 Å². The van der Waals surface area contributed by atoms with Crippen molar-refractivity contribution in [1.82, 2.24) is 5.32 Å². The highest BCUT2D eigenvalue weighted by Crippen LogP contribution is 2.39. The van der Waals surface area contributed by atoms with Crippen LogP contribution in [0.5, 0.6) is 0 Å². The van der Waals surface area contributed by atoms with Crippen molar-refractivity contribution in [1.29, 1.82) is 0 Å². The molecule has 2 saturated heterocycles. The van der Waals surface area contributed by atoms with E-state index in [-0.39, 0.29) is 0 Å². The zero-order valence-electron chi connectivity index (χ0n) is 31.0. The molecule has 0 radical (unpaired) electrons. The smallest absolute Gasteiger partial charge is 0.366 e. The van der Waals surface area contributed by atoms with Crippen LogP contribution in [0.3, 0.4) is 0 Å². The number of hydrogen-bond acceptors (Lipinski definition) is 20. The van der Waals surface area contributed by atoms with Gasteiger partial charge in [0.05, 0.1) is 25.4 Å². The third kappa shape index (κ3) is 12.9. The molecule has 304 valence electrons. The Morgan fingerprint density at radius 1 is 0.778 bits per heavy atom. The van der Waals surface area contributed by atoms with Gasteiger partial charge in [0.15, 0.2) is 36.8 Å². The van der Waals surface area contributed by atoms with E-state index in [4.69, 9.17) is 52.1 Å². The number of amides is 1. The van der Waals surface area contributed by atoms with Gasteiger partial charge in [0, 0.05) is 54.9 Å². The summed E-state index contributed by atoms with van der Waals surface area (Å²) in [4.78, 5) is 111. The van der Waals surface area contributed by atoms with Gasteiger partial charge in [0.2, 0.25) is 5.91 Å². The number of aliphatic carboxylic acids is 1. The van der Waals surface area contributed by atoms with Crippen LogP contribution in [0, 0.1) is 0 Å². The topological polar surface area (TPSA) is 287 Å². The molecule has 2 rings (SSSR count). The Morgan fingerprint density at radius 2 is 1.33 bits per heavy atom. The molecule has 2 N–H and O–H groups in total. The number of methoxy groups -OCH3 is 1. The number of nitrogens with one attached hydrogen (secondary N) is 1. The Labute approximate surface area is 308 Å². The van der Waals surface area contributed by atoms with Crippen LogP contribution in [0.1, 0.15) is 61.8 Å². The minimum Gasteiger partial charge on any atom is -0.480 e. The first kappa shape index (κ1) is 45.2. The second-order valence-corrected chi connectivity index (χ2v) is 12.1. The minimum absolute atomic E-state index is 0.772. The number of hydrogen-bond donors (Lipinski definition) is 2. The molecule has 0 aromatic rings. The molecule has 22 heteroatoms. The first-order chi connectivity index (χ1) is 25.1. The lowest BCUT2D eigenvalue weighted by Crippen LogP contribution is -2.70. The van der Waals surface area contributed by atoms with Crippen molar-refractivity contribution in [2.45, 2.75) is 129 Å². The van der Waals surface area contributed by atoms with Gasteiger partial charge < -0.3 is 62.5 Å². The Balaban J connectivity index is 2.92. The zero-order valence-corrected chi connectivity index (χ0v) is 31.0. The summed E-state index contributed by atoms with van der Waals surface area (Å²) in [6, 6.07) is -1.61. The molecular weight excluding hydrogens is 734 g/mol. The molecule has 0 saturated carbocycles.